The van der Waals surface area contributed by atoms with E-state index in [0.717, 1.165) is 4.31 Å². The van der Waals surface area contributed by atoms with Gasteiger partial charge in [-0.3, -0.25) is 10.0 Å². The third kappa shape index (κ3) is 3.22. The molecule has 1 amide bonds. The summed E-state index contributed by atoms with van der Waals surface area (Å²) in [4.78, 5) is 11.9. The van der Waals surface area contributed by atoms with Gasteiger partial charge in [0.1, 0.15) is 5.75 Å². The molecule has 1 aliphatic heterocycles. The first-order valence-corrected chi connectivity index (χ1v) is 8.81. The second kappa shape index (κ2) is 6.07. The van der Waals surface area contributed by atoms with Gasteiger partial charge in [-0.25, -0.2) is 13.9 Å². The Labute approximate surface area is 133 Å². The van der Waals surface area contributed by atoms with Crippen molar-refractivity contribution in [2.45, 2.75) is 28.9 Å². The van der Waals surface area contributed by atoms with Crippen molar-refractivity contribution in [2.24, 2.45) is 0 Å². The first-order chi connectivity index (χ1) is 10.2. The predicted octanol–water partition coefficient (Wildman–Crippen LogP) is 1.04. The van der Waals surface area contributed by atoms with Crippen molar-refractivity contribution in [3.05, 3.63) is 24.3 Å². The van der Waals surface area contributed by atoms with Gasteiger partial charge in [0.25, 0.3) is 5.91 Å². The van der Waals surface area contributed by atoms with Crippen LogP contribution in [0.3, 0.4) is 0 Å². The number of methoxy groups -OCH3 is 1. The molecule has 0 aliphatic carbocycles. The Morgan fingerprint density at radius 1 is 1.41 bits per heavy atom. The first kappa shape index (κ1) is 17.1. The van der Waals surface area contributed by atoms with E-state index in [1.54, 1.807) is 12.1 Å². The number of hydrogen-bond donors (Lipinski definition) is 2. The molecule has 9 heteroatoms. The molecule has 2 N–H and O–H groups in total. The molecule has 0 saturated carbocycles. The number of nitrogens with zero attached hydrogens (tertiary/aromatic N) is 1. The molecule has 0 spiro atoms. The van der Waals surface area contributed by atoms with E-state index in [9.17, 15) is 13.2 Å². The van der Waals surface area contributed by atoms with Crippen LogP contribution in [-0.4, -0.2) is 47.6 Å². The Kier molecular flexibility index (Phi) is 4.71. The van der Waals surface area contributed by atoms with Crippen molar-refractivity contribution in [3.8, 4) is 5.75 Å². The minimum atomic E-state index is -3.85. The van der Waals surface area contributed by atoms with Crippen molar-refractivity contribution < 1.29 is 23.2 Å². The highest BCUT2D eigenvalue weighted by Gasteiger charge is 2.48. The summed E-state index contributed by atoms with van der Waals surface area (Å²) in [7, 11) is -2.36. The highest BCUT2D eigenvalue weighted by molar-refractivity contribution is 8.03. The van der Waals surface area contributed by atoms with Crippen LogP contribution in [0.5, 0.6) is 5.75 Å². The van der Waals surface area contributed by atoms with Crippen molar-refractivity contribution >= 4 is 27.7 Å². The number of carbonyl (C=O) groups is 1. The van der Waals surface area contributed by atoms with Crippen molar-refractivity contribution in [3.63, 3.8) is 0 Å². The van der Waals surface area contributed by atoms with Crippen LogP contribution in [-0.2, 0) is 14.8 Å². The Morgan fingerprint density at radius 2 is 2.00 bits per heavy atom. The summed E-state index contributed by atoms with van der Waals surface area (Å²) in [5.41, 5.74) is 1.53. The van der Waals surface area contributed by atoms with E-state index in [1.807, 2.05) is 13.8 Å². The molecule has 1 aliphatic rings. The topological polar surface area (TPSA) is 95.9 Å². The van der Waals surface area contributed by atoms with Gasteiger partial charge in [-0.2, -0.15) is 4.31 Å². The molecule has 0 bridgehead atoms. The summed E-state index contributed by atoms with van der Waals surface area (Å²) >= 11 is 1.19. The van der Waals surface area contributed by atoms with E-state index in [2.05, 4.69) is 0 Å². The van der Waals surface area contributed by atoms with Gasteiger partial charge in [0.2, 0.25) is 10.0 Å². The fourth-order valence-corrected chi connectivity index (χ4v) is 5.50. The average Bonchev–Trinajstić information content (AvgIpc) is 2.83. The summed E-state index contributed by atoms with van der Waals surface area (Å²) in [5.74, 6) is -0.215. The summed E-state index contributed by atoms with van der Waals surface area (Å²) < 4.78 is 31.2. The van der Waals surface area contributed by atoms with Gasteiger partial charge < -0.3 is 4.74 Å². The van der Waals surface area contributed by atoms with Gasteiger partial charge in [-0.05, 0) is 38.1 Å². The molecule has 22 heavy (non-hydrogen) atoms. The number of nitrogens with one attached hydrogen (secondary N) is 1. The first-order valence-electron chi connectivity index (χ1n) is 6.49. The van der Waals surface area contributed by atoms with Crippen LogP contribution >= 0.6 is 11.8 Å². The summed E-state index contributed by atoms with van der Waals surface area (Å²) in [6.07, 6.45) is 0. The number of amides is 1. The van der Waals surface area contributed by atoms with Crippen LogP contribution in [0, 0.1) is 0 Å². The Bertz CT molecular complexity index is 658. The van der Waals surface area contributed by atoms with E-state index in [-0.39, 0.29) is 11.4 Å². The molecular formula is C13H18N2O5S2. The molecule has 1 atom stereocenters. The highest BCUT2D eigenvalue weighted by atomic mass is 32.2. The van der Waals surface area contributed by atoms with Crippen molar-refractivity contribution in [2.75, 3.05) is 13.7 Å². The second-order valence-corrected chi connectivity index (χ2v) is 9.11. The fourth-order valence-electron chi connectivity index (χ4n) is 2.19. The third-order valence-corrected chi connectivity index (χ3v) is 6.65. The Hall–Kier alpha value is -1.29. The van der Waals surface area contributed by atoms with Gasteiger partial charge in [-0.15, -0.1) is 11.8 Å². The standard InChI is InChI=1S/C13H18N2O5S2/c1-13(2)8-15(12(21-13)11(16)14-17)22(18,19)10-6-4-9(20-3)5-7-10/h4-7,12,17H,8H2,1-3H3,(H,14,16). The maximum absolute atomic E-state index is 12.8. The normalized spacial score (nSPS) is 21.5. The summed E-state index contributed by atoms with van der Waals surface area (Å²) in [6, 6.07) is 5.95. The SMILES string of the molecule is COc1ccc(S(=O)(=O)N2CC(C)(C)SC2C(=O)NO)cc1. The van der Waals surface area contributed by atoms with E-state index in [4.69, 9.17) is 9.94 Å². The Balaban J connectivity index is 2.39. The van der Waals surface area contributed by atoms with Gasteiger partial charge in [0.05, 0.1) is 12.0 Å². The zero-order valence-electron chi connectivity index (χ0n) is 12.4. The molecule has 2 rings (SSSR count). The maximum atomic E-state index is 12.8. The molecule has 0 radical (unpaired) electrons. The quantitative estimate of drug-likeness (QED) is 0.625. The molecule has 1 saturated heterocycles. The molecular weight excluding hydrogens is 328 g/mol. The van der Waals surface area contributed by atoms with Gasteiger partial charge in [-0.1, -0.05) is 0 Å². The van der Waals surface area contributed by atoms with E-state index < -0.39 is 26.1 Å². The lowest BCUT2D eigenvalue weighted by Gasteiger charge is -2.21. The van der Waals surface area contributed by atoms with Crippen LogP contribution < -0.4 is 10.2 Å². The third-order valence-electron chi connectivity index (χ3n) is 3.23. The molecule has 1 unspecified atom stereocenters. The lowest BCUT2D eigenvalue weighted by atomic mass is 10.2. The molecule has 1 aromatic rings. The number of thioether (sulfide) groups is 1. The van der Waals surface area contributed by atoms with Crippen LogP contribution in [0.2, 0.25) is 0 Å². The maximum Gasteiger partial charge on any atom is 0.272 e. The number of sulfonamides is 1. The smallest absolute Gasteiger partial charge is 0.272 e. The zero-order chi connectivity index (χ0) is 16.5. The monoisotopic (exact) mass is 346 g/mol. The van der Waals surface area contributed by atoms with E-state index >= 15 is 0 Å². The number of benzene rings is 1. The van der Waals surface area contributed by atoms with Gasteiger partial charge >= 0.3 is 0 Å². The van der Waals surface area contributed by atoms with Crippen LogP contribution in [0.1, 0.15) is 13.8 Å². The lowest BCUT2D eigenvalue weighted by molar-refractivity contribution is -0.130. The van der Waals surface area contributed by atoms with Crippen LogP contribution in [0.15, 0.2) is 29.2 Å². The fraction of sp³-hybridized carbons (Fsp3) is 0.462. The van der Waals surface area contributed by atoms with Crippen LogP contribution in [0.4, 0.5) is 0 Å². The molecule has 0 aromatic heterocycles. The highest BCUT2D eigenvalue weighted by Crippen LogP contribution is 2.42. The van der Waals surface area contributed by atoms with Crippen molar-refractivity contribution in [1.29, 1.82) is 0 Å². The minimum Gasteiger partial charge on any atom is -0.497 e. The molecule has 7 nitrogen and oxygen atoms in total. The van der Waals surface area contributed by atoms with Crippen LogP contribution in [0.25, 0.3) is 0 Å². The van der Waals surface area contributed by atoms with Gasteiger partial charge in [0, 0.05) is 11.3 Å². The summed E-state index contributed by atoms with van der Waals surface area (Å²) in [6.45, 7) is 3.86. The second-order valence-electron chi connectivity index (χ2n) is 5.43. The lowest BCUT2D eigenvalue weighted by Crippen LogP contribution is -2.44. The average molecular weight is 346 g/mol. The predicted molar refractivity (Wildman–Crippen MR) is 82.3 cm³/mol. The summed E-state index contributed by atoms with van der Waals surface area (Å²) in [5, 5.41) is 7.83. The Morgan fingerprint density at radius 3 is 2.50 bits per heavy atom. The van der Waals surface area contributed by atoms with Gasteiger partial charge in [0.15, 0.2) is 5.37 Å². The number of carbonyl (C=O) groups excluding carboxylic acids is 1. The molecule has 1 aromatic carbocycles. The number of hydroxylamine groups is 1. The van der Waals surface area contributed by atoms with E-state index in [0.29, 0.717) is 5.75 Å². The molecule has 1 heterocycles. The molecule has 122 valence electrons. The number of hydrogen-bond acceptors (Lipinski definition) is 6. The number of rotatable bonds is 4. The minimum absolute atomic E-state index is 0.0716. The number of ether oxygens (including phenoxy) is 1. The van der Waals surface area contributed by atoms with E-state index in [1.165, 1.54) is 36.5 Å². The molecule has 1 fully saturated rings. The van der Waals surface area contributed by atoms with Crippen molar-refractivity contribution in [1.82, 2.24) is 9.79 Å². The largest absolute Gasteiger partial charge is 0.497 e. The zero-order valence-corrected chi connectivity index (χ0v) is 14.1.